The Labute approximate surface area is 122 Å². The monoisotopic (exact) mass is 283 g/mol. The van der Waals surface area contributed by atoms with Crippen LogP contribution in [0.15, 0.2) is 42.9 Å². The summed E-state index contributed by atoms with van der Waals surface area (Å²) >= 11 is 0. The largest absolute Gasteiger partial charge is 0.392 e. The molecule has 6 nitrogen and oxygen atoms in total. The predicted molar refractivity (Wildman–Crippen MR) is 81.6 cm³/mol. The van der Waals surface area contributed by atoms with Gasteiger partial charge in [-0.1, -0.05) is 18.2 Å². The van der Waals surface area contributed by atoms with E-state index >= 15 is 0 Å². The Hall–Kier alpha value is -2.47. The molecule has 6 heteroatoms. The number of nitrogens with zero attached hydrogens (tertiary/aromatic N) is 5. The summed E-state index contributed by atoms with van der Waals surface area (Å²) in [4.78, 5) is 10.6. The van der Waals surface area contributed by atoms with Crippen LogP contribution in [0.25, 0.3) is 16.7 Å². The standard InChI is InChI=1S/C15H17N5O/c1-11(21)9-19(2)14-13-8-18-20(15(13)17-10-16-14)12-6-4-3-5-7-12/h3-8,10-11,21H,9H2,1-2H3. The summed E-state index contributed by atoms with van der Waals surface area (Å²) in [6.07, 6.45) is 2.86. The maximum Gasteiger partial charge on any atom is 0.168 e. The second-order valence-electron chi connectivity index (χ2n) is 5.06. The second-order valence-corrected chi connectivity index (χ2v) is 5.06. The van der Waals surface area contributed by atoms with Crippen molar-refractivity contribution in [2.75, 3.05) is 18.5 Å². The minimum atomic E-state index is -0.427. The fourth-order valence-corrected chi connectivity index (χ4v) is 2.38. The molecule has 0 aliphatic heterocycles. The molecule has 2 heterocycles. The Morgan fingerprint density at radius 2 is 2.00 bits per heavy atom. The minimum Gasteiger partial charge on any atom is -0.392 e. The SMILES string of the molecule is CC(O)CN(C)c1ncnc2c1cnn2-c1ccccc1. The first-order chi connectivity index (χ1) is 10.2. The molecule has 0 aliphatic carbocycles. The molecule has 0 aliphatic rings. The van der Waals surface area contributed by atoms with Crippen LogP contribution in [0.4, 0.5) is 5.82 Å². The summed E-state index contributed by atoms with van der Waals surface area (Å²) < 4.78 is 1.79. The molecule has 21 heavy (non-hydrogen) atoms. The first-order valence-corrected chi connectivity index (χ1v) is 6.80. The van der Waals surface area contributed by atoms with Crippen molar-refractivity contribution in [1.29, 1.82) is 0 Å². The van der Waals surface area contributed by atoms with E-state index < -0.39 is 6.10 Å². The summed E-state index contributed by atoms with van der Waals surface area (Å²) in [6.45, 7) is 2.25. The van der Waals surface area contributed by atoms with Gasteiger partial charge in [-0.3, -0.25) is 0 Å². The zero-order valence-electron chi connectivity index (χ0n) is 12.0. The van der Waals surface area contributed by atoms with Gasteiger partial charge in [0.15, 0.2) is 5.65 Å². The number of aliphatic hydroxyl groups excluding tert-OH is 1. The number of fused-ring (bicyclic) bond motifs is 1. The third-order valence-electron chi connectivity index (χ3n) is 3.25. The van der Waals surface area contributed by atoms with Crippen LogP contribution in [0.3, 0.4) is 0 Å². The quantitative estimate of drug-likeness (QED) is 0.788. The van der Waals surface area contributed by atoms with Gasteiger partial charge in [0, 0.05) is 13.6 Å². The van der Waals surface area contributed by atoms with Crippen molar-refractivity contribution in [3.8, 4) is 5.69 Å². The summed E-state index contributed by atoms with van der Waals surface area (Å²) in [5, 5.41) is 14.8. The van der Waals surface area contributed by atoms with Gasteiger partial charge >= 0.3 is 0 Å². The molecule has 0 saturated heterocycles. The highest BCUT2D eigenvalue weighted by Gasteiger charge is 2.14. The number of rotatable bonds is 4. The molecule has 0 fully saturated rings. The molecule has 108 valence electrons. The molecule has 0 bridgehead atoms. The lowest BCUT2D eigenvalue weighted by Crippen LogP contribution is -2.27. The third-order valence-corrected chi connectivity index (χ3v) is 3.25. The Bertz CT molecular complexity index is 738. The van der Waals surface area contributed by atoms with Gasteiger partial charge in [-0.05, 0) is 19.1 Å². The van der Waals surface area contributed by atoms with Gasteiger partial charge in [0.25, 0.3) is 0 Å². The maximum atomic E-state index is 9.53. The molecule has 1 N–H and O–H groups in total. The maximum absolute atomic E-state index is 9.53. The van der Waals surface area contributed by atoms with E-state index in [0.29, 0.717) is 6.54 Å². The Morgan fingerprint density at radius 3 is 2.71 bits per heavy atom. The van der Waals surface area contributed by atoms with E-state index in [4.69, 9.17) is 0 Å². The van der Waals surface area contributed by atoms with Crippen LogP contribution in [0.5, 0.6) is 0 Å². The summed E-state index contributed by atoms with van der Waals surface area (Å²) in [7, 11) is 1.90. The van der Waals surface area contributed by atoms with E-state index in [-0.39, 0.29) is 0 Å². The van der Waals surface area contributed by atoms with Crippen molar-refractivity contribution in [2.24, 2.45) is 0 Å². The number of aromatic nitrogens is 4. The van der Waals surface area contributed by atoms with Crippen LogP contribution < -0.4 is 4.90 Å². The van der Waals surface area contributed by atoms with Crippen molar-refractivity contribution in [2.45, 2.75) is 13.0 Å². The fourth-order valence-electron chi connectivity index (χ4n) is 2.38. The van der Waals surface area contributed by atoms with Crippen molar-refractivity contribution < 1.29 is 5.11 Å². The normalized spacial score (nSPS) is 12.5. The van der Waals surface area contributed by atoms with Gasteiger partial charge in [0.2, 0.25) is 0 Å². The molecule has 0 spiro atoms. The zero-order chi connectivity index (χ0) is 14.8. The average Bonchev–Trinajstić information content (AvgIpc) is 2.91. The number of hydrogen-bond donors (Lipinski definition) is 1. The van der Waals surface area contributed by atoms with Crippen LogP contribution in [0, 0.1) is 0 Å². The molecule has 2 aromatic heterocycles. The minimum absolute atomic E-state index is 0.427. The molecule has 3 rings (SSSR count). The molecule has 1 atom stereocenters. The number of benzene rings is 1. The van der Waals surface area contributed by atoms with E-state index in [0.717, 1.165) is 22.5 Å². The molecule has 0 radical (unpaired) electrons. The lowest BCUT2D eigenvalue weighted by molar-refractivity contribution is 0.201. The number of para-hydroxylation sites is 1. The van der Waals surface area contributed by atoms with Crippen molar-refractivity contribution in [3.05, 3.63) is 42.9 Å². The Kier molecular flexibility index (Phi) is 3.53. The number of anilines is 1. The smallest absolute Gasteiger partial charge is 0.168 e. The number of likely N-dealkylation sites (N-methyl/N-ethyl adjacent to an activating group) is 1. The van der Waals surface area contributed by atoms with E-state index in [1.807, 2.05) is 42.3 Å². The first kappa shape index (κ1) is 13.5. The highest BCUT2D eigenvalue weighted by atomic mass is 16.3. The molecule has 0 saturated carbocycles. The molecule has 3 aromatic rings. The highest BCUT2D eigenvalue weighted by Crippen LogP contribution is 2.23. The Morgan fingerprint density at radius 1 is 1.24 bits per heavy atom. The zero-order valence-corrected chi connectivity index (χ0v) is 12.0. The van der Waals surface area contributed by atoms with Gasteiger partial charge < -0.3 is 10.0 Å². The van der Waals surface area contributed by atoms with E-state index in [2.05, 4.69) is 15.1 Å². The Balaban J connectivity index is 2.08. The fraction of sp³-hybridized carbons (Fsp3) is 0.267. The van der Waals surface area contributed by atoms with Crippen LogP contribution in [-0.2, 0) is 0 Å². The average molecular weight is 283 g/mol. The summed E-state index contributed by atoms with van der Waals surface area (Å²) in [6, 6.07) is 9.85. The van der Waals surface area contributed by atoms with Crippen molar-refractivity contribution >= 4 is 16.9 Å². The van der Waals surface area contributed by atoms with Gasteiger partial charge in [-0.2, -0.15) is 5.10 Å². The summed E-state index contributed by atoms with van der Waals surface area (Å²) in [5.41, 5.74) is 1.71. The highest BCUT2D eigenvalue weighted by molar-refractivity contribution is 5.87. The van der Waals surface area contributed by atoms with Gasteiger partial charge in [0.1, 0.15) is 12.1 Å². The molecule has 1 unspecified atom stereocenters. The van der Waals surface area contributed by atoms with Crippen molar-refractivity contribution in [3.63, 3.8) is 0 Å². The van der Waals surface area contributed by atoms with Crippen LogP contribution >= 0.6 is 0 Å². The van der Waals surface area contributed by atoms with Crippen LogP contribution in [0.2, 0.25) is 0 Å². The first-order valence-electron chi connectivity index (χ1n) is 6.80. The molecular formula is C15H17N5O. The van der Waals surface area contributed by atoms with Gasteiger partial charge in [0.05, 0.1) is 23.4 Å². The second kappa shape index (κ2) is 5.49. The van der Waals surface area contributed by atoms with Crippen LogP contribution in [-0.4, -0.2) is 44.6 Å². The van der Waals surface area contributed by atoms with E-state index in [9.17, 15) is 5.11 Å². The lowest BCUT2D eigenvalue weighted by Gasteiger charge is -2.19. The van der Waals surface area contributed by atoms with Gasteiger partial charge in [-0.15, -0.1) is 0 Å². The predicted octanol–water partition coefficient (Wildman–Crippen LogP) is 1.63. The van der Waals surface area contributed by atoms with E-state index in [1.165, 1.54) is 6.33 Å². The topological polar surface area (TPSA) is 67.1 Å². The molecule has 0 amide bonds. The van der Waals surface area contributed by atoms with Crippen LogP contribution in [0.1, 0.15) is 6.92 Å². The number of hydrogen-bond acceptors (Lipinski definition) is 5. The van der Waals surface area contributed by atoms with E-state index in [1.54, 1.807) is 17.8 Å². The van der Waals surface area contributed by atoms with Gasteiger partial charge in [-0.25, -0.2) is 14.6 Å². The molecular weight excluding hydrogens is 266 g/mol. The third kappa shape index (κ3) is 2.57. The lowest BCUT2D eigenvalue weighted by atomic mass is 10.3. The molecule has 1 aromatic carbocycles. The summed E-state index contributed by atoms with van der Waals surface area (Å²) in [5.74, 6) is 0.767. The number of aliphatic hydroxyl groups is 1. The van der Waals surface area contributed by atoms with Crippen molar-refractivity contribution in [1.82, 2.24) is 19.7 Å².